The van der Waals surface area contributed by atoms with Crippen LogP contribution in [0.1, 0.15) is 31.8 Å². The first-order chi connectivity index (χ1) is 6.26. The zero-order chi connectivity index (χ0) is 9.68. The first-order valence-corrected chi connectivity index (χ1v) is 4.77. The van der Waals surface area contributed by atoms with Crippen molar-refractivity contribution in [3.05, 3.63) is 23.7 Å². The van der Waals surface area contributed by atoms with Gasteiger partial charge in [0.15, 0.2) is 0 Å². The first kappa shape index (κ1) is 10.3. The minimum atomic E-state index is 0.476. The van der Waals surface area contributed by atoms with Gasteiger partial charge in [0.05, 0.1) is 13.1 Å². The van der Waals surface area contributed by atoms with Crippen LogP contribution >= 0.6 is 0 Å². The van der Waals surface area contributed by atoms with Gasteiger partial charge in [-0.25, -0.2) is 0 Å². The Morgan fingerprint density at radius 2 is 2.15 bits per heavy atom. The average Bonchev–Trinajstić information content (AvgIpc) is 2.61. The van der Waals surface area contributed by atoms with Crippen molar-refractivity contribution in [2.24, 2.45) is 5.73 Å². The van der Waals surface area contributed by atoms with Gasteiger partial charge in [-0.05, 0) is 25.5 Å². The third-order valence-electron chi connectivity index (χ3n) is 2.16. The third kappa shape index (κ3) is 3.20. The molecule has 0 aliphatic carbocycles. The summed E-state index contributed by atoms with van der Waals surface area (Å²) >= 11 is 0. The molecule has 3 nitrogen and oxygen atoms in total. The van der Waals surface area contributed by atoms with E-state index in [-0.39, 0.29) is 0 Å². The van der Waals surface area contributed by atoms with Gasteiger partial charge in [-0.15, -0.1) is 0 Å². The van der Waals surface area contributed by atoms with E-state index in [0.29, 0.717) is 12.6 Å². The molecule has 0 bridgehead atoms. The number of furan rings is 1. The van der Waals surface area contributed by atoms with Crippen molar-refractivity contribution in [1.29, 1.82) is 0 Å². The van der Waals surface area contributed by atoms with E-state index in [0.717, 1.165) is 24.5 Å². The van der Waals surface area contributed by atoms with Crippen molar-refractivity contribution in [2.75, 3.05) is 0 Å². The van der Waals surface area contributed by atoms with E-state index < -0.39 is 0 Å². The van der Waals surface area contributed by atoms with Crippen molar-refractivity contribution in [3.63, 3.8) is 0 Å². The lowest BCUT2D eigenvalue weighted by Gasteiger charge is -2.08. The van der Waals surface area contributed by atoms with Gasteiger partial charge in [-0.3, -0.25) is 0 Å². The van der Waals surface area contributed by atoms with Crippen LogP contribution in [-0.4, -0.2) is 6.04 Å². The van der Waals surface area contributed by atoms with Crippen molar-refractivity contribution in [3.8, 4) is 0 Å². The molecule has 1 unspecified atom stereocenters. The van der Waals surface area contributed by atoms with E-state index in [1.54, 1.807) is 0 Å². The van der Waals surface area contributed by atoms with Crippen molar-refractivity contribution in [2.45, 2.75) is 39.4 Å². The molecule has 0 aliphatic heterocycles. The molecule has 1 atom stereocenters. The molecule has 1 rings (SSSR count). The summed E-state index contributed by atoms with van der Waals surface area (Å²) in [6.45, 7) is 5.58. The Morgan fingerprint density at radius 1 is 1.46 bits per heavy atom. The summed E-state index contributed by atoms with van der Waals surface area (Å²) in [6, 6.07) is 4.43. The molecule has 0 spiro atoms. The molecule has 0 saturated heterocycles. The molecule has 0 saturated carbocycles. The molecule has 0 fully saturated rings. The molecule has 0 radical (unpaired) electrons. The monoisotopic (exact) mass is 182 g/mol. The van der Waals surface area contributed by atoms with Crippen LogP contribution in [0.3, 0.4) is 0 Å². The van der Waals surface area contributed by atoms with Crippen LogP contribution in [0.15, 0.2) is 16.5 Å². The van der Waals surface area contributed by atoms with Crippen LogP contribution in [0.5, 0.6) is 0 Å². The predicted octanol–water partition coefficient (Wildman–Crippen LogP) is 1.63. The summed E-state index contributed by atoms with van der Waals surface area (Å²) in [5.41, 5.74) is 5.43. The molecule has 3 N–H and O–H groups in total. The fourth-order valence-corrected chi connectivity index (χ4v) is 1.05. The highest BCUT2D eigenvalue weighted by Crippen LogP contribution is 2.06. The SMILES string of the molecule is CCC(C)NCc1ccc(CN)o1. The van der Waals surface area contributed by atoms with Crippen LogP contribution < -0.4 is 11.1 Å². The number of nitrogens with one attached hydrogen (secondary N) is 1. The summed E-state index contributed by atoms with van der Waals surface area (Å²) in [6.07, 6.45) is 1.13. The van der Waals surface area contributed by atoms with Crippen LogP contribution in [0.25, 0.3) is 0 Å². The van der Waals surface area contributed by atoms with Gasteiger partial charge in [0.2, 0.25) is 0 Å². The number of nitrogens with two attached hydrogens (primary N) is 1. The van der Waals surface area contributed by atoms with Gasteiger partial charge in [-0.1, -0.05) is 6.92 Å². The number of rotatable bonds is 5. The minimum Gasteiger partial charge on any atom is -0.463 e. The topological polar surface area (TPSA) is 51.2 Å². The lowest BCUT2D eigenvalue weighted by molar-refractivity contribution is 0.427. The predicted molar refractivity (Wildman–Crippen MR) is 53.2 cm³/mol. The smallest absolute Gasteiger partial charge is 0.118 e. The molecule has 1 heterocycles. The van der Waals surface area contributed by atoms with Crippen molar-refractivity contribution in [1.82, 2.24) is 5.32 Å². The Labute approximate surface area is 79.3 Å². The highest BCUT2D eigenvalue weighted by Gasteiger charge is 2.02. The molecule has 0 amide bonds. The lowest BCUT2D eigenvalue weighted by atomic mass is 10.2. The second-order valence-electron chi connectivity index (χ2n) is 3.26. The minimum absolute atomic E-state index is 0.476. The Bertz CT molecular complexity index is 245. The zero-order valence-corrected chi connectivity index (χ0v) is 8.34. The summed E-state index contributed by atoms with van der Waals surface area (Å²) < 4.78 is 5.44. The van der Waals surface area contributed by atoms with Gasteiger partial charge in [-0.2, -0.15) is 0 Å². The zero-order valence-electron chi connectivity index (χ0n) is 8.34. The van der Waals surface area contributed by atoms with E-state index in [4.69, 9.17) is 10.2 Å². The molecule has 0 aliphatic rings. The third-order valence-corrected chi connectivity index (χ3v) is 2.16. The average molecular weight is 182 g/mol. The van der Waals surface area contributed by atoms with Crippen LogP contribution in [0.2, 0.25) is 0 Å². The van der Waals surface area contributed by atoms with Crippen LogP contribution in [-0.2, 0) is 13.1 Å². The Morgan fingerprint density at radius 3 is 2.69 bits per heavy atom. The quantitative estimate of drug-likeness (QED) is 0.727. The van der Waals surface area contributed by atoms with E-state index >= 15 is 0 Å². The molecule has 1 aromatic heterocycles. The summed E-state index contributed by atoms with van der Waals surface area (Å²) in [4.78, 5) is 0. The Balaban J connectivity index is 2.36. The molecule has 74 valence electrons. The van der Waals surface area contributed by atoms with E-state index in [2.05, 4.69) is 19.2 Å². The summed E-state index contributed by atoms with van der Waals surface area (Å²) in [5, 5.41) is 3.35. The fourth-order valence-electron chi connectivity index (χ4n) is 1.05. The highest BCUT2D eigenvalue weighted by atomic mass is 16.3. The number of hydrogen-bond acceptors (Lipinski definition) is 3. The maximum Gasteiger partial charge on any atom is 0.118 e. The largest absolute Gasteiger partial charge is 0.463 e. The fraction of sp³-hybridized carbons (Fsp3) is 0.600. The van der Waals surface area contributed by atoms with E-state index in [9.17, 15) is 0 Å². The van der Waals surface area contributed by atoms with Gasteiger partial charge >= 0.3 is 0 Å². The molecule has 1 aromatic rings. The normalized spacial score (nSPS) is 13.2. The Hall–Kier alpha value is -0.800. The summed E-state index contributed by atoms with van der Waals surface area (Å²) in [5.74, 6) is 1.81. The maximum absolute atomic E-state index is 5.44. The maximum atomic E-state index is 5.44. The molecule has 13 heavy (non-hydrogen) atoms. The van der Waals surface area contributed by atoms with Crippen molar-refractivity contribution >= 4 is 0 Å². The standard InChI is InChI=1S/C10H18N2O/c1-3-8(2)12-7-10-5-4-9(6-11)13-10/h4-5,8,12H,3,6-7,11H2,1-2H3. The second-order valence-corrected chi connectivity index (χ2v) is 3.26. The number of hydrogen-bond donors (Lipinski definition) is 2. The van der Waals surface area contributed by atoms with Crippen LogP contribution in [0.4, 0.5) is 0 Å². The molecule has 3 heteroatoms. The lowest BCUT2D eigenvalue weighted by Crippen LogP contribution is -2.24. The summed E-state index contributed by atoms with van der Waals surface area (Å²) in [7, 11) is 0. The molecular weight excluding hydrogens is 164 g/mol. The van der Waals surface area contributed by atoms with Crippen LogP contribution in [0, 0.1) is 0 Å². The molecule has 0 aromatic carbocycles. The van der Waals surface area contributed by atoms with Gasteiger partial charge in [0.1, 0.15) is 11.5 Å². The van der Waals surface area contributed by atoms with E-state index in [1.165, 1.54) is 0 Å². The Kier molecular flexibility index (Phi) is 3.99. The van der Waals surface area contributed by atoms with Gasteiger partial charge in [0.25, 0.3) is 0 Å². The van der Waals surface area contributed by atoms with E-state index in [1.807, 2.05) is 12.1 Å². The van der Waals surface area contributed by atoms with Gasteiger partial charge in [0, 0.05) is 6.04 Å². The van der Waals surface area contributed by atoms with Crippen molar-refractivity contribution < 1.29 is 4.42 Å². The van der Waals surface area contributed by atoms with Gasteiger partial charge < -0.3 is 15.5 Å². The highest BCUT2D eigenvalue weighted by molar-refractivity contribution is 5.06. The second kappa shape index (κ2) is 5.04. The first-order valence-electron chi connectivity index (χ1n) is 4.77. The molecular formula is C10H18N2O.